The van der Waals surface area contributed by atoms with Crippen molar-refractivity contribution in [3.8, 4) is 0 Å². The van der Waals surface area contributed by atoms with E-state index < -0.39 is 0 Å². The third-order valence-corrected chi connectivity index (χ3v) is 3.19. The second-order valence-electron chi connectivity index (χ2n) is 6.25. The molecule has 1 N–H and O–H groups in total. The van der Waals surface area contributed by atoms with Crippen molar-refractivity contribution >= 4 is 11.6 Å². The summed E-state index contributed by atoms with van der Waals surface area (Å²) >= 11 is 5.92. The number of rotatable bonds is 6. The van der Waals surface area contributed by atoms with Gasteiger partial charge in [-0.2, -0.15) is 0 Å². The van der Waals surface area contributed by atoms with Crippen LogP contribution in [0.2, 0.25) is 5.02 Å². The third kappa shape index (κ3) is 6.42. The van der Waals surface area contributed by atoms with E-state index in [0.29, 0.717) is 11.5 Å². The first-order valence-electron chi connectivity index (χ1n) is 6.88. The molecule has 0 radical (unpaired) electrons. The smallest absolute Gasteiger partial charge is 0.0406 e. The minimum absolute atomic E-state index is 0.359. The lowest BCUT2D eigenvalue weighted by Crippen LogP contribution is -2.35. The Balaban J connectivity index is 2.62. The summed E-state index contributed by atoms with van der Waals surface area (Å²) in [6, 6.07) is 8.76. The summed E-state index contributed by atoms with van der Waals surface area (Å²) < 4.78 is 0. The first-order chi connectivity index (χ1) is 8.40. The maximum Gasteiger partial charge on any atom is 0.0406 e. The summed E-state index contributed by atoms with van der Waals surface area (Å²) in [7, 11) is 0. The first-order valence-corrected chi connectivity index (χ1v) is 7.26. The van der Waals surface area contributed by atoms with Gasteiger partial charge < -0.3 is 5.32 Å². The van der Waals surface area contributed by atoms with Gasteiger partial charge in [-0.15, -0.1) is 0 Å². The van der Waals surface area contributed by atoms with E-state index in [-0.39, 0.29) is 0 Å². The molecule has 18 heavy (non-hydrogen) atoms. The van der Waals surface area contributed by atoms with Crippen LogP contribution in [0.4, 0.5) is 0 Å². The second kappa shape index (κ2) is 7.16. The molecule has 1 unspecified atom stereocenters. The Labute approximate surface area is 117 Å². The molecular weight excluding hydrogens is 242 g/mol. The van der Waals surface area contributed by atoms with Crippen molar-refractivity contribution in [3.63, 3.8) is 0 Å². The Morgan fingerprint density at radius 1 is 1.17 bits per heavy atom. The van der Waals surface area contributed by atoms with Gasteiger partial charge in [-0.1, -0.05) is 51.4 Å². The third-order valence-electron chi connectivity index (χ3n) is 2.94. The van der Waals surface area contributed by atoms with Gasteiger partial charge >= 0.3 is 0 Å². The Morgan fingerprint density at radius 2 is 1.78 bits per heavy atom. The van der Waals surface area contributed by atoms with Gasteiger partial charge in [-0.05, 0) is 48.9 Å². The van der Waals surface area contributed by atoms with Crippen LogP contribution in [0.3, 0.4) is 0 Å². The highest BCUT2D eigenvalue weighted by molar-refractivity contribution is 6.30. The molecule has 0 fully saturated rings. The van der Waals surface area contributed by atoms with Crippen LogP contribution in [0.5, 0.6) is 0 Å². The van der Waals surface area contributed by atoms with Crippen LogP contribution in [0.25, 0.3) is 0 Å². The molecule has 0 aliphatic carbocycles. The highest BCUT2D eigenvalue weighted by Crippen LogP contribution is 2.23. The molecule has 0 heterocycles. The van der Waals surface area contributed by atoms with Gasteiger partial charge in [0.15, 0.2) is 0 Å². The minimum Gasteiger partial charge on any atom is -0.314 e. The van der Waals surface area contributed by atoms with Crippen molar-refractivity contribution in [1.29, 1.82) is 0 Å². The van der Waals surface area contributed by atoms with Crippen LogP contribution >= 0.6 is 11.6 Å². The molecule has 1 aromatic rings. The van der Waals surface area contributed by atoms with E-state index in [1.165, 1.54) is 18.4 Å². The van der Waals surface area contributed by atoms with E-state index in [1.54, 1.807) is 0 Å². The molecule has 1 aromatic carbocycles. The Hall–Kier alpha value is -0.530. The molecule has 0 aliphatic rings. The monoisotopic (exact) mass is 267 g/mol. The van der Waals surface area contributed by atoms with Crippen molar-refractivity contribution in [2.45, 2.75) is 53.0 Å². The quantitative estimate of drug-likeness (QED) is 0.789. The summed E-state index contributed by atoms with van der Waals surface area (Å²) in [5.74, 6) is 0. The fourth-order valence-electron chi connectivity index (χ4n) is 2.21. The van der Waals surface area contributed by atoms with Crippen LogP contribution in [0.1, 0.15) is 46.1 Å². The summed E-state index contributed by atoms with van der Waals surface area (Å²) in [4.78, 5) is 0. The van der Waals surface area contributed by atoms with Gasteiger partial charge in [0.25, 0.3) is 0 Å². The molecule has 0 saturated heterocycles. The molecule has 2 heteroatoms. The highest BCUT2D eigenvalue weighted by atomic mass is 35.5. The fraction of sp³-hybridized carbons (Fsp3) is 0.625. The summed E-state index contributed by atoms with van der Waals surface area (Å²) in [5, 5.41) is 4.47. The van der Waals surface area contributed by atoms with Crippen LogP contribution in [-0.4, -0.2) is 12.6 Å². The zero-order valence-corrected chi connectivity index (χ0v) is 12.8. The highest BCUT2D eigenvalue weighted by Gasteiger charge is 2.18. The van der Waals surface area contributed by atoms with Gasteiger partial charge in [0.1, 0.15) is 0 Å². The predicted molar refractivity (Wildman–Crippen MR) is 81.3 cm³/mol. The number of halogens is 1. The topological polar surface area (TPSA) is 12.0 Å². The van der Waals surface area contributed by atoms with Gasteiger partial charge in [-0.25, -0.2) is 0 Å². The Morgan fingerprint density at radius 3 is 2.28 bits per heavy atom. The van der Waals surface area contributed by atoms with Crippen LogP contribution < -0.4 is 5.32 Å². The maximum absolute atomic E-state index is 5.92. The summed E-state index contributed by atoms with van der Waals surface area (Å²) in [5.41, 5.74) is 1.72. The molecule has 1 nitrogen and oxygen atoms in total. The van der Waals surface area contributed by atoms with E-state index in [4.69, 9.17) is 11.6 Å². The van der Waals surface area contributed by atoms with Crippen LogP contribution in [0, 0.1) is 5.41 Å². The summed E-state index contributed by atoms with van der Waals surface area (Å²) in [6.07, 6.45) is 3.45. The average Bonchev–Trinajstić information content (AvgIpc) is 2.27. The fourth-order valence-corrected chi connectivity index (χ4v) is 2.34. The summed E-state index contributed by atoms with van der Waals surface area (Å²) in [6.45, 7) is 10.2. The molecule has 102 valence electrons. The van der Waals surface area contributed by atoms with Crippen molar-refractivity contribution in [2.24, 2.45) is 5.41 Å². The molecule has 0 bridgehead atoms. The van der Waals surface area contributed by atoms with Crippen LogP contribution in [0.15, 0.2) is 24.3 Å². The van der Waals surface area contributed by atoms with Gasteiger partial charge in [-0.3, -0.25) is 0 Å². The molecule has 0 saturated carbocycles. The molecule has 0 aliphatic heterocycles. The van der Waals surface area contributed by atoms with Crippen molar-refractivity contribution in [2.75, 3.05) is 6.54 Å². The number of nitrogens with one attached hydrogen (secondary N) is 1. The second-order valence-corrected chi connectivity index (χ2v) is 6.68. The SMILES string of the molecule is CCCNC(Cc1ccc(Cl)cc1)CC(C)(C)C. The molecule has 1 rings (SSSR count). The van der Waals surface area contributed by atoms with Crippen molar-refractivity contribution in [3.05, 3.63) is 34.9 Å². The number of hydrogen-bond donors (Lipinski definition) is 1. The average molecular weight is 268 g/mol. The lowest BCUT2D eigenvalue weighted by molar-refractivity contribution is 0.306. The largest absolute Gasteiger partial charge is 0.314 e. The van der Waals surface area contributed by atoms with Gasteiger partial charge in [0, 0.05) is 11.1 Å². The lowest BCUT2D eigenvalue weighted by Gasteiger charge is -2.27. The van der Waals surface area contributed by atoms with E-state index >= 15 is 0 Å². The van der Waals surface area contributed by atoms with E-state index in [2.05, 4.69) is 45.1 Å². The Kier molecular flexibility index (Phi) is 6.17. The zero-order valence-electron chi connectivity index (χ0n) is 12.1. The van der Waals surface area contributed by atoms with Crippen molar-refractivity contribution < 1.29 is 0 Å². The normalized spacial score (nSPS) is 13.6. The van der Waals surface area contributed by atoms with Crippen LogP contribution in [-0.2, 0) is 6.42 Å². The van der Waals surface area contributed by atoms with E-state index in [0.717, 1.165) is 18.0 Å². The van der Waals surface area contributed by atoms with Gasteiger partial charge in [0.2, 0.25) is 0 Å². The standard InChI is InChI=1S/C16H26ClN/c1-5-10-18-15(12-16(2,3)4)11-13-6-8-14(17)9-7-13/h6-9,15,18H,5,10-12H2,1-4H3. The maximum atomic E-state index is 5.92. The number of benzene rings is 1. The molecule has 0 amide bonds. The zero-order chi connectivity index (χ0) is 13.6. The van der Waals surface area contributed by atoms with Crippen molar-refractivity contribution in [1.82, 2.24) is 5.32 Å². The minimum atomic E-state index is 0.359. The molecular formula is C16H26ClN. The first kappa shape index (κ1) is 15.5. The van der Waals surface area contributed by atoms with E-state index in [1.807, 2.05) is 12.1 Å². The lowest BCUT2D eigenvalue weighted by atomic mass is 9.86. The predicted octanol–water partition coefficient (Wildman–Crippen LogP) is 4.69. The van der Waals surface area contributed by atoms with E-state index in [9.17, 15) is 0 Å². The molecule has 0 aromatic heterocycles. The molecule has 0 spiro atoms. The number of hydrogen-bond acceptors (Lipinski definition) is 1. The Bertz CT molecular complexity index is 337. The molecule has 1 atom stereocenters. The van der Waals surface area contributed by atoms with Gasteiger partial charge in [0.05, 0.1) is 0 Å².